The fourth-order valence-corrected chi connectivity index (χ4v) is 2.42. The molecule has 2 nitrogen and oxygen atoms in total. The molecule has 1 heterocycles. The number of hydrogen-bond donors (Lipinski definition) is 0. The minimum Gasteiger partial charge on any atom is -0.434 e. The highest BCUT2D eigenvalue weighted by Crippen LogP contribution is 2.22. The van der Waals surface area contributed by atoms with Gasteiger partial charge in [-0.25, -0.2) is 0 Å². The topological polar surface area (TPSA) is 26.3 Å². The van der Waals surface area contributed by atoms with Crippen molar-refractivity contribution >= 4 is 23.2 Å². The molecule has 2 rings (SSSR count). The molecule has 2 aromatic rings. The Balaban J connectivity index is 2.17. The number of hydrogen-bond acceptors (Lipinski definition) is 3. The van der Waals surface area contributed by atoms with E-state index in [9.17, 15) is 13.6 Å². The van der Waals surface area contributed by atoms with Crippen molar-refractivity contribution in [1.82, 2.24) is 0 Å². The molecule has 1 aromatic carbocycles. The normalized spacial score (nSPS) is 11.2. The zero-order valence-corrected chi connectivity index (χ0v) is 11.5. The van der Waals surface area contributed by atoms with Gasteiger partial charge in [-0.1, -0.05) is 18.2 Å². The molecule has 0 unspecified atom stereocenters. The second-order valence-electron chi connectivity index (χ2n) is 4.02. The Morgan fingerprint density at radius 2 is 2.00 bits per heavy atom. The Labute approximate surface area is 119 Å². The van der Waals surface area contributed by atoms with Gasteiger partial charge in [0.2, 0.25) is 0 Å². The average Bonchev–Trinajstić information content (AvgIpc) is 2.83. The largest absolute Gasteiger partial charge is 0.434 e. The van der Waals surface area contributed by atoms with Crippen LogP contribution in [0.5, 0.6) is 5.75 Å². The molecule has 0 saturated heterocycles. The summed E-state index contributed by atoms with van der Waals surface area (Å²) in [6.45, 7) is -0.975. The van der Waals surface area contributed by atoms with Gasteiger partial charge in [0.25, 0.3) is 0 Å². The summed E-state index contributed by atoms with van der Waals surface area (Å²) in [5.74, 6) is -0.108. The molecule has 0 bridgehead atoms. The zero-order chi connectivity index (χ0) is 14.5. The van der Waals surface area contributed by atoms with E-state index in [1.165, 1.54) is 29.6 Å². The maximum atomic E-state index is 12.3. The van der Waals surface area contributed by atoms with Gasteiger partial charge >= 0.3 is 6.61 Å². The molecule has 0 N–H and O–H groups in total. The van der Waals surface area contributed by atoms with Gasteiger partial charge in [-0.2, -0.15) is 8.78 Å². The van der Waals surface area contributed by atoms with Crippen molar-refractivity contribution in [3.8, 4) is 5.75 Å². The fourth-order valence-electron chi connectivity index (χ4n) is 1.64. The van der Waals surface area contributed by atoms with Crippen LogP contribution in [0.2, 0.25) is 0 Å². The van der Waals surface area contributed by atoms with Crippen LogP contribution in [-0.4, -0.2) is 12.4 Å². The van der Waals surface area contributed by atoms with Crippen LogP contribution in [0.4, 0.5) is 8.78 Å². The molecule has 0 spiro atoms. The number of alkyl halides is 2. The standard InChI is InChI=1S/C15H12F2O2S/c1-10-6-9-14(20-10)12(18)8-7-11-4-2-3-5-13(11)19-15(16)17/h2-9,15H,1H3/b8-7+. The average molecular weight is 294 g/mol. The van der Waals surface area contributed by atoms with Crippen LogP contribution in [0.1, 0.15) is 20.1 Å². The van der Waals surface area contributed by atoms with Crippen molar-refractivity contribution in [3.05, 3.63) is 57.8 Å². The number of carbonyl (C=O) groups is 1. The summed E-state index contributed by atoms with van der Waals surface area (Å²) in [6.07, 6.45) is 2.84. The van der Waals surface area contributed by atoms with E-state index in [2.05, 4.69) is 4.74 Å². The van der Waals surface area contributed by atoms with E-state index in [-0.39, 0.29) is 11.5 Å². The van der Waals surface area contributed by atoms with Crippen LogP contribution in [0.3, 0.4) is 0 Å². The number of benzene rings is 1. The van der Waals surface area contributed by atoms with Crippen molar-refractivity contribution < 1.29 is 18.3 Å². The molecular formula is C15H12F2O2S. The number of aryl methyl sites for hydroxylation is 1. The molecule has 5 heteroatoms. The van der Waals surface area contributed by atoms with Crippen molar-refractivity contribution in [2.24, 2.45) is 0 Å². The number of allylic oxidation sites excluding steroid dienone is 1. The highest BCUT2D eigenvalue weighted by molar-refractivity contribution is 7.14. The third-order valence-corrected chi connectivity index (χ3v) is 3.55. The van der Waals surface area contributed by atoms with Crippen LogP contribution in [0.15, 0.2) is 42.5 Å². The lowest BCUT2D eigenvalue weighted by atomic mass is 10.1. The summed E-state index contributed by atoms with van der Waals surface area (Å²) >= 11 is 1.39. The maximum absolute atomic E-state index is 12.3. The minimum absolute atomic E-state index is 0.0499. The Morgan fingerprint density at radius 3 is 2.65 bits per heavy atom. The van der Waals surface area contributed by atoms with E-state index in [1.54, 1.807) is 24.3 Å². The molecule has 20 heavy (non-hydrogen) atoms. The molecule has 0 saturated carbocycles. The monoisotopic (exact) mass is 294 g/mol. The van der Waals surface area contributed by atoms with Crippen LogP contribution in [0, 0.1) is 6.92 Å². The molecule has 0 amide bonds. The van der Waals surface area contributed by atoms with E-state index in [4.69, 9.17) is 0 Å². The van der Waals surface area contributed by atoms with Gasteiger partial charge in [-0.15, -0.1) is 11.3 Å². The van der Waals surface area contributed by atoms with Gasteiger partial charge in [0.1, 0.15) is 5.75 Å². The summed E-state index contributed by atoms with van der Waals surface area (Å²) in [7, 11) is 0. The molecular weight excluding hydrogens is 282 g/mol. The molecule has 1 aromatic heterocycles. The van der Waals surface area contributed by atoms with E-state index < -0.39 is 6.61 Å². The smallest absolute Gasteiger partial charge is 0.387 e. The molecule has 0 atom stereocenters. The first kappa shape index (κ1) is 14.4. The fraction of sp³-hybridized carbons (Fsp3) is 0.133. The van der Waals surface area contributed by atoms with Gasteiger partial charge in [-0.05, 0) is 37.3 Å². The van der Waals surface area contributed by atoms with Crippen LogP contribution >= 0.6 is 11.3 Å². The Bertz CT molecular complexity index is 632. The Kier molecular flexibility index (Phi) is 4.63. The number of ether oxygens (including phenoxy) is 1. The third-order valence-electron chi connectivity index (χ3n) is 2.53. The lowest BCUT2D eigenvalue weighted by Gasteiger charge is -2.06. The lowest BCUT2D eigenvalue weighted by molar-refractivity contribution is -0.0499. The second-order valence-corrected chi connectivity index (χ2v) is 5.31. The first-order chi connectivity index (χ1) is 9.56. The predicted molar refractivity (Wildman–Crippen MR) is 75.5 cm³/mol. The summed E-state index contributed by atoms with van der Waals surface area (Å²) in [5.41, 5.74) is 0.439. The van der Waals surface area contributed by atoms with Crippen molar-refractivity contribution in [1.29, 1.82) is 0 Å². The molecule has 0 aliphatic heterocycles. The second kappa shape index (κ2) is 6.43. The van der Waals surface area contributed by atoms with Gasteiger partial charge < -0.3 is 4.74 Å². The summed E-state index contributed by atoms with van der Waals surface area (Å²) in [5, 5.41) is 0. The predicted octanol–water partition coefficient (Wildman–Crippen LogP) is 4.55. The molecule has 104 valence electrons. The summed E-state index contributed by atoms with van der Waals surface area (Å²) in [6, 6.07) is 9.94. The van der Waals surface area contributed by atoms with Gasteiger partial charge in [0.15, 0.2) is 5.78 Å². The van der Waals surface area contributed by atoms with Gasteiger partial charge in [0, 0.05) is 10.4 Å². The van der Waals surface area contributed by atoms with Crippen LogP contribution in [0.25, 0.3) is 6.08 Å². The maximum Gasteiger partial charge on any atom is 0.387 e. The van der Waals surface area contributed by atoms with E-state index in [0.717, 1.165) is 4.88 Å². The molecule has 0 aliphatic rings. The number of halogens is 2. The quantitative estimate of drug-likeness (QED) is 0.597. The number of carbonyl (C=O) groups excluding carboxylic acids is 1. The zero-order valence-electron chi connectivity index (χ0n) is 10.7. The Hall–Kier alpha value is -2.01. The highest BCUT2D eigenvalue weighted by atomic mass is 32.1. The number of ketones is 1. The molecule has 0 radical (unpaired) electrons. The van der Waals surface area contributed by atoms with Crippen LogP contribution in [-0.2, 0) is 0 Å². The van der Waals surface area contributed by atoms with Crippen LogP contribution < -0.4 is 4.74 Å². The number of thiophene rings is 1. The number of rotatable bonds is 5. The lowest BCUT2D eigenvalue weighted by Crippen LogP contribution is -2.03. The van der Waals surface area contributed by atoms with E-state index in [1.807, 2.05) is 13.0 Å². The van der Waals surface area contributed by atoms with Crippen molar-refractivity contribution in [3.63, 3.8) is 0 Å². The molecule has 0 fully saturated rings. The van der Waals surface area contributed by atoms with Crippen molar-refractivity contribution in [2.75, 3.05) is 0 Å². The summed E-state index contributed by atoms with van der Waals surface area (Å²) < 4.78 is 28.9. The van der Waals surface area contributed by atoms with Crippen molar-refractivity contribution in [2.45, 2.75) is 13.5 Å². The summed E-state index contributed by atoms with van der Waals surface area (Å²) in [4.78, 5) is 13.6. The Morgan fingerprint density at radius 1 is 1.25 bits per heavy atom. The minimum atomic E-state index is -2.89. The highest BCUT2D eigenvalue weighted by Gasteiger charge is 2.08. The third kappa shape index (κ3) is 3.74. The SMILES string of the molecule is Cc1ccc(C(=O)/C=C/c2ccccc2OC(F)F)s1. The van der Waals surface area contributed by atoms with E-state index >= 15 is 0 Å². The first-order valence-corrected chi connectivity index (χ1v) is 6.70. The van der Waals surface area contributed by atoms with Gasteiger partial charge in [0.05, 0.1) is 4.88 Å². The molecule has 0 aliphatic carbocycles. The number of para-hydroxylation sites is 1. The first-order valence-electron chi connectivity index (χ1n) is 5.89. The van der Waals surface area contributed by atoms with E-state index in [0.29, 0.717) is 10.4 Å². The van der Waals surface area contributed by atoms with Gasteiger partial charge in [-0.3, -0.25) is 4.79 Å².